The molecule has 4 aromatic rings. The molecule has 0 aliphatic carbocycles. The Labute approximate surface area is 174 Å². The fourth-order valence-electron chi connectivity index (χ4n) is 4.00. The molecule has 0 atom stereocenters. The number of hydrogen-bond donors (Lipinski definition) is 0. The van der Waals surface area contributed by atoms with E-state index in [2.05, 4.69) is 16.0 Å². The minimum atomic E-state index is 0.626. The molecule has 2 aromatic carbocycles. The molecule has 0 unspecified atom stereocenters. The first-order chi connectivity index (χ1) is 14.3. The average molecular weight is 407 g/mol. The van der Waals surface area contributed by atoms with E-state index in [1.165, 1.54) is 19.3 Å². The monoisotopic (exact) mass is 406 g/mol. The highest BCUT2D eigenvalue weighted by molar-refractivity contribution is 6.30. The van der Waals surface area contributed by atoms with Crippen molar-refractivity contribution in [2.24, 2.45) is 0 Å². The lowest BCUT2D eigenvalue weighted by Gasteiger charge is -2.26. The topological polar surface area (TPSA) is 43.2 Å². The Morgan fingerprint density at radius 2 is 1.72 bits per heavy atom. The molecule has 148 valence electrons. The van der Waals surface area contributed by atoms with Crippen LogP contribution < -0.4 is 4.74 Å². The Kier molecular flexibility index (Phi) is 5.08. The molecule has 0 saturated carbocycles. The van der Waals surface area contributed by atoms with Crippen LogP contribution in [-0.4, -0.2) is 45.9 Å². The van der Waals surface area contributed by atoms with Crippen LogP contribution in [0, 0.1) is 0 Å². The fourth-order valence-corrected chi connectivity index (χ4v) is 4.13. The van der Waals surface area contributed by atoms with Crippen molar-refractivity contribution in [1.29, 1.82) is 0 Å². The smallest absolute Gasteiger partial charge is 0.226 e. The van der Waals surface area contributed by atoms with Gasteiger partial charge in [0.2, 0.25) is 5.88 Å². The maximum Gasteiger partial charge on any atom is 0.226 e. The highest BCUT2D eigenvalue weighted by atomic mass is 35.5. The van der Waals surface area contributed by atoms with Gasteiger partial charge in [0.1, 0.15) is 12.1 Å². The summed E-state index contributed by atoms with van der Waals surface area (Å²) in [6, 6.07) is 15.7. The van der Waals surface area contributed by atoms with Gasteiger partial charge in [0.15, 0.2) is 0 Å². The van der Waals surface area contributed by atoms with E-state index in [0.29, 0.717) is 11.6 Å². The summed E-state index contributed by atoms with van der Waals surface area (Å²) in [5.74, 6) is 0.734. The molecule has 0 spiro atoms. The van der Waals surface area contributed by atoms with Crippen molar-refractivity contribution >= 4 is 33.4 Å². The predicted octanol–water partition coefficient (Wildman–Crippen LogP) is 5.09. The third-order valence-corrected chi connectivity index (χ3v) is 5.79. The van der Waals surface area contributed by atoms with E-state index in [4.69, 9.17) is 21.4 Å². The number of hydrogen-bond acceptors (Lipinski definition) is 4. The molecule has 1 saturated heterocycles. The zero-order valence-corrected chi connectivity index (χ0v) is 17.0. The molecule has 0 radical (unpaired) electrons. The summed E-state index contributed by atoms with van der Waals surface area (Å²) in [7, 11) is 0. The Bertz CT molecular complexity index is 1130. The Morgan fingerprint density at radius 3 is 2.55 bits per heavy atom. The number of ether oxygens (including phenoxy) is 1. The SMILES string of the molecule is Clc1ccc(-n2nc3c(cnc4ccccc43)c2OCCN2CCCCC2)cc1. The molecule has 29 heavy (non-hydrogen) atoms. The number of aromatic nitrogens is 3. The zero-order chi connectivity index (χ0) is 19.6. The molecule has 2 aromatic heterocycles. The van der Waals surface area contributed by atoms with Crippen molar-refractivity contribution in [1.82, 2.24) is 19.7 Å². The predicted molar refractivity (Wildman–Crippen MR) is 117 cm³/mol. The van der Waals surface area contributed by atoms with Crippen LogP contribution in [0.3, 0.4) is 0 Å². The lowest BCUT2D eigenvalue weighted by Crippen LogP contribution is -2.33. The van der Waals surface area contributed by atoms with E-state index >= 15 is 0 Å². The number of nitrogens with zero attached hydrogens (tertiary/aromatic N) is 4. The Hall–Kier alpha value is -2.63. The fraction of sp³-hybridized carbons (Fsp3) is 0.304. The standard InChI is InChI=1S/C23H23ClN4O/c24-17-8-10-18(11-9-17)28-23(29-15-14-27-12-4-1-5-13-27)20-16-25-21-7-3-2-6-19(21)22(20)26-28/h2-3,6-11,16H,1,4-5,12-15H2. The van der Waals surface area contributed by atoms with Crippen molar-refractivity contribution in [2.75, 3.05) is 26.2 Å². The summed E-state index contributed by atoms with van der Waals surface area (Å²) < 4.78 is 8.18. The van der Waals surface area contributed by atoms with Crippen LogP contribution in [0.4, 0.5) is 0 Å². The van der Waals surface area contributed by atoms with Crippen LogP contribution in [0.2, 0.25) is 5.02 Å². The third kappa shape index (κ3) is 3.68. The molecular formula is C23H23ClN4O. The Morgan fingerprint density at radius 1 is 0.931 bits per heavy atom. The number of benzene rings is 2. The van der Waals surface area contributed by atoms with Gasteiger partial charge in [-0.3, -0.25) is 9.88 Å². The van der Waals surface area contributed by atoms with E-state index in [9.17, 15) is 0 Å². The molecule has 0 amide bonds. The van der Waals surface area contributed by atoms with Crippen molar-refractivity contribution in [3.63, 3.8) is 0 Å². The van der Waals surface area contributed by atoms with E-state index in [0.717, 1.165) is 53.0 Å². The number of piperidine rings is 1. The second kappa shape index (κ2) is 8.01. The van der Waals surface area contributed by atoms with Gasteiger partial charge in [-0.05, 0) is 56.3 Å². The zero-order valence-electron chi connectivity index (χ0n) is 16.2. The minimum Gasteiger partial charge on any atom is -0.476 e. The van der Waals surface area contributed by atoms with Crippen LogP contribution >= 0.6 is 11.6 Å². The summed E-state index contributed by atoms with van der Waals surface area (Å²) in [4.78, 5) is 7.10. The minimum absolute atomic E-state index is 0.626. The summed E-state index contributed by atoms with van der Waals surface area (Å²) in [6.07, 6.45) is 5.76. The van der Waals surface area contributed by atoms with Gasteiger partial charge in [0.05, 0.1) is 16.6 Å². The molecule has 5 nitrogen and oxygen atoms in total. The van der Waals surface area contributed by atoms with E-state index < -0.39 is 0 Å². The van der Waals surface area contributed by atoms with Crippen LogP contribution in [0.5, 0.6) is 5.88 Å². The van der Waals surface area contributed by atoms with Gasteiger partial charge in [-0.1, -0.05) is 36.2 Å². The van der Waals surface area contributed by atoms with Gasteiger partial charge in [0, 0.05) is 23.2 Å². The molecule has 6 heteroatoms. The van der Waals surface area contributed by atoms with Crippen molar-refractivity contribution in [3.05, 3.63) is 59.8 Å². The van der Waals surface area contributed by atoms with Gasteiger partial charge in [-0.15, -0.1) is 0 Å². The molecule has 1 fully saturated rings. The first kappa shape index (κ1) is 18.4. The maximum atomic E-state index is 6.31. The molecule has 0 N–H and O–H groups in total. The highest BCUT2D eigenvalue weighted by Crippen LogP contribution is 2.32. The number of para-hydroxylation sites is 1. The van der Waals surface area contributed by atoms with Gasteiger partial charge < -0.3 is 4.74 Å². The van der Waals surface area contributed by atoms with E-state index in [1.807, 2.05) is 53.3 Å². The first-order valence-corrected chi connectivity index (χ1v) is 10.5. The van der Waals surface area contributed by atoms with Crippen molar-refractivity contribution in [2.45, 2.75) is 19.3 Å². The average Bonchev–Trinajstić information content (AvgIpc) is 3.14. The summed E-state index contributed by atoms with van der Waals surface area (Å²) in [6.45, 7) is 3.87. The van der Waals surface area contributed by atoms with E-state index in [-0.39, 0.29) is 0 Å². The van der Waals surface area contributed by atoms with Crippen molar-refractivity contribution < 1.29 is 4.74 Å². The molecule has 1 aliphatic rings. The largest absolute Gasteiger partial charge is 0.476 e. The number of fused-ring (bicyclic) bond motifs is 3. The van der Waals surface area contributed by atoms with Gasteiger partial charge in [-0.2, -0.15) is 9.78 Å². The van der Waals surface area contributed by atoms with E-state index in [1.54, 1.807) is 0 Å². The molecular weight excluding hydrogens is 384 g/mol. The lowest BCUT2D eigenvalue weighted by atomic mass is 10.1. The molecule has 3 heterocycles. The number of likely N-dealkylation sites (tertiary alicyclic amines) is 1. The molecule has 5 rings (SSSR count). The van der Waals surface area contributed by atoms with Crippen LogP contribution in [-0.2, 0) is 0 Å². The molecule has 1 aliphatic heterocycles. The number of halogens is 1. The second-order valence-corrected chi connectivity index (χ2v) is 7.92. The number of rotatable bonds is 5. The summed E-state index contributed by atoms with van der Waals surface area (Å²) in [5.41, 5.74) is 2.75. The van der Waals surface area contributed by atoms with Crippen LogP contribution in [0.1, 0.15) is 19.3 Å². The van der Waals surface area contributed by atoms with Gasteiger partial charge in [0.25, 0.3) is 0 Å². The Balaban J connectivity index is 1.54. The third-order valence-electron chi connectivity index (χ3n) is 5.54. The summed E-state index contributed by atoms with van der Waals surface area (Å²) in [5, 5.41) is 7.55. The highest BCUT2D eigenvalue weighted by Gasteiger charge is 2.18. The summed E-state index contributed by atoms with van der Waals surface area (Å²) >= 11 is 6.09. The normalized spacial score (nSPS) is 15.2. The van der Waals surface area contributed by atoms with Crippen LogP contribution in [0.25, 0.3) is 27.5 Å². The first-order valence-electron chi connectivity index (χ1n) is 10.2. The second-order valence-electron chi connectivity index (χ2n) is 7.48. The van der Waals surface area contributed by atoms with Crippen LogP contribution in [0.15, 0.2) is 54.7 Å². The lowest BCUT2D eigenvalue weighted by molar-refractivity contribution is 0.179. The van der Waals surface area contributed by atoms with Gasteiger partial charge >= 0.3 is 0 Å². The quantitative estimate of drug-likeness (QED) is 0.463. The van der Waals surface area contributed by atoms with Gasteiger partial charge in [-0.25, -0.2) is 0 Å². The van der Waals surface area contributed by atoms with Crippen molar-refractivity contribution in [3.8, 4) is 11.6 Å². The maximum absolute atomic E-state index is 6.31. The number of pyridine rings is 1. The molecule has 0 bridgehead atoms.